The zero-order valence-electron chi connectivity index (χ0n) is 18.8. The van der Waals surface area contributed by atoms with E-state index in [1.54, 1.807) is 20.8 Å². The fourth-order valence-electron chi connectivity index (χ4n) is 3.58. The van der Waals surface area contributed by atoms with Crippen LogP contribution in [0.5, 0.6) is 5.75 Å². The molecule has 3 aromatic rings. The SMILES string of the molecule is CCCn1c(-c2ccc(NC(C)=O)cc2)cc2cc(OC(C)(C)C(=O)OCC)ccc21. The lowest BCUT2D eigenvalue weighted by Crippen LogP contribution is -2.39. The average molecular weight is 423 g/mol. The molecule has 0 saturated heterocycles. The van der Waals surface area contributed by atoms with Gasteiger partial charge in [0.05, 0.1) is 6.61 Å². The van der Waals surface area contributed by atoms with E-state index in [0.717, 1.165) is 40.8 Å². The van der Waals surface area contributed by atoms with Gasteiger partial charge in [0.2, 0.25) is 5.91 Å². The Morgan fingerprint density at radius 2 is 1.74 bits per heavy atom. The first kappa shape index (κ1) is 22.4. The normalized spacial score (nSPS) is 11.4. The summed E-state index contributed by atoms with van der Waals surface area (Å²) >= 11 is 0. The summed E-state index contributed by atoms with van der Waals surface area (Å²) < 4.78 is 13.4. The Kier molecular flexibility index (Phi) is 6.68. The molecule has 0 aliphatic heterocycles. The van der Waals surface area contributed by atoms with Gasteiger partial charge in [0, 0.05) is 35.8 Å². The number of aryl methyl sites for hydroxylation is 1. The third-order valence-corrected chi connectivity index (χ3v) is 4.96. The number of nitrogens with zero attached hydrogens (tertiary/aromatic N) is 1. The molecule has 1 amide bonds. The summed E-state index contributed by atoms with van der Waals surface area (Å²) in [5.74, 6) is 0.136. The summed E-state index contributed by atoms with van der Waals surface area (Å²) in [7, 11) is 0. The molecule has 0 radical (unpaired) electrons. The highest BCUT2D eigenvalue weighted by Gasteiger charge is 2.31. The van der Waals surface area contributed by atoms with Crippen molar-refractivity contribution < 1.29 is 19.1 Å². The number of rotatable bonds is 8. The lowest BCUT2D eigenvalue weighted by atomic mass is 10.1. The van der Waals surface area contributed by atoms with Crippen LogP contribution in [0, 0.1) is 0 Å². The molecule has 31 heavy (non-hydrogen) atoms. The molecule has 2 aromatic carbocycles. The first-order chi connectivity index (χ1) is 14.7. The second-order valence-corrected chi connectivity index (χ2v) is 7.99. The lowest BCUT2D eigenvalue weighted by molar-refractivity contribution is -0.158. The summed E-state index contributed by atoms with van der Waals surface area (Å²) in [6, 6.07) is 15.8. The van der Waals surface area contributed by atoms with E-state index in [4.69, 9.17) is 9.47 Å². The number of fused-ring (bicyclic) bond motifs is 1. The molecule has 1 heterocycles. The van der Waals surface area contributed by atoms with Crippen molar-refractivity contribution in [3.8, 4) is 17.0 Å². The molecule has 1 aromatic heterocycles. The van der Waals surface area contributed by atoms with Crippen molar-refractivity contribution in [2.45, 2.75) is 53.2 Å². The Hall–Kier alpha value is -3.28. The van der Waals surface area contributed by atoms with Gasteiger partial charge < -0.3 is 19.4 Å². The van der Waals surface area contributed by atoms with Gasteiger partial charge in [-0.15, -0.1) is 0 Å². The number of nitrogens with one attached hydrogen (secondary N) is 1. The first-order valence-electron chi connectivity index (χ1n) is 10.6. The maximum absolute atomic E-state index is 12.2. The molecule has 0 bridgehead atoms. The predicted molar refractivity (Wildman–Crippen MR) is 123 cm³/mol. The summed E-state index contributed by atoms with van der Waals surface area (Å²) in [6.07, 6.45) is 0.995. The minimum Gasteiger partial charge on any atom is -0.476 e. The monoisotopic (exact) mass is 422 g/mol. The van der Waals surface area contributed by atoms with Crippen LogP contribution in [0.25, 0.3) is 22.2 Å². The molecule has 0 aliphatic rings. The molecule has 0 spiro atoms. The molecule has 0 unspecified atom stereocenters. The highest BCUT2D eigenvalue weighted by Crippen LogP contribution is 2.32. The van der Waals surface area contributed by atoms with Gasteiger partial charge in [0.25, 0.3) is 0 Å². The van der Waals surface area contributed by atoms with Crippen LogP contribution in [-0.4, -0.2) is 28.7 Å². The van der Waals surface area contributed by atoms with Crippen molar-refractivity contribution in [1.29, 1.82) is 0 Å². The van der Waals surface area contributed by atoms with E-state index in [0.29, 0.717) is 12.4 Å². The number of esters is 1. The Morgan fingerprint density at radius 1 is 1.03 bits per heavy atom. The van der Waals surface area contributed by atoms with Crippen molar-refractivity contribution in [2.75, 3.05) is 11.9 Å². The number of ether oxygens (including phenoxy) is 2. The van der Waals surface area contributed by atoms with Crippen molar-refractivity contribution >= 4 is 28.5 Å². The number of anilines is 1. The molecule has 6 nitrogen and oxygen atoms in total. The fraction of sp³-hybridized carbons (Fsp3) is 0.360. The molecule has 6 heteroatoms. The van der Waals surface area contributed by atoms with Gasteiger partial charge >= 0.3 is 5.97 Å². The molecular formula is C25H30N2O4. The second-order valence-electron chi connectivity index (χ2n) is 7.99. The standard InChI is InChI=1S/C25H30N2O4/c1-6-14-27-22-13-12-21(31-25(4,5)24(29)30-7-2)15-19(22)16-23(27)18-8-10-20(11-9-18)26-17(3)28/h8-13,15-16H,6-7,14H2,1-5H3,(H,26,28). The van der Waals surface area contributed by atoms with Gasteiger partial charge in [-0.3, -0.25) is 4.79 Å². The van der Waals surface area contributed by atoms with Crippen LogP contribution in [0.1, 0.15) is 41.0 Å². The highest BCUT2D eigenvalue weighted by atomic mass is 16.6. The number of carbonyl (C=O) groups excluding carboxylic acids is 2. The van der Waals surface area contributed by atoms with Gasteiger partial charge in [0.1, 0.15) is 5.75 Å². The number of carbonyl (C=O) groups is 2. The summed E-state index contributed by atoms with van der Waals surface area (Å²) in [5, 5.41) is 3.83. The second kappa shape index (κ2) is 9.25. The van der Waals surface area contributed by atoms with Gasteiger partial charge in [-0.05, 0) is 69.2 Å². The fourth-order valence-corrected chi connectivity index (χ4v) is 3.58. The minimum atomic E-state index is -1.07. The zero-order chi connectivity index (χ0) is 22.6. The number of hydrogen-bond acceptors (Lipinski definition) is 4. The predicted octanol–water partition coefficient (Wildman–Crippen LogP) is 5.40. The van der Waals surface area contributed by atoms with Crippen molar-refractivity contribution in [1.82, 2.24) is 4.57 Å². The summed E-state index contributed by atoms with van der Waals surface area (Å²) in [5.41, 5.74) is 2.95. The van der Waals surface area contributed by atoms with E-state index in [1.807, 2.05) is 42.5 Å². The van der Waals surface area contributed by atoms with Crippen LogP contribution in [0.4, 0.5) is 5.69 Å². The molecule has 1 N–H and O–H groups in total. The van der Waals surface area contributed by atoms with Crippen LogP contribution in [0.2, 0.25) is 0 Å². The molecule has 0 atom stereocenters. The molecular weight excluding hydrogens is 392 g/mol. The Balaban J connectivity index is 1.97. The third-order valence-electron chi connectivity index (χ3n) is 4.96. The van der Waals surface area contributed by atoms with E-state index in [1.165, 1.54) is 6.92 Å². The quantitative estimate of drug-likeness (QED) is 0.494. The van der Waals surface area contributed by atoms with Crippen LogP contribution < -0.4 is 10.1 Å². The zero-order valence-corrected chi connectivity index (χ0v) is 18.8. The van der Waals surface area contributed by atoms with Crippen LogP contribution in [0.3, 0.4) is 0 Å². The molecule has 164 valence electrons. The number of benzene rings is 2. The van der Waals surface area contributed by atoms with Gasteiger partial charge in [0.15, 0.2) is 5.60 Å². The number of hydrogen-bond donors (Lipinski definition) is 1. The third kappa shape index (κ3) is 5.08. The van der Waals surface area contributed by atoms with Gasteiger partial charge in [-0.2, -0.15) is 0 Å². The van der Waals surface area contributed by atoms with E-state index in [9.17, 15) is 9.59 Å². The topological polar surface area (TPSA) is 69.6 Å². The molecule has 0 fully saturated rings. The maximum Gasteiger partial charge on any atom is 0.349 e. The lowest BCUT2D eigenvalue weighted by Gasteiger charge is -2.24. The van der Waals surface area contributed by atoms with E-state index < -0.39 is 11.6 Å². The molecule has 0 saturated carbocycles. The number of aromatic nitrogens is 1. The first-order valence-corrected chi connectivity index (χ1v) is 10.6. The summed E-state index contributed by atoms with van der Waals surface area (Å²) in [4.78, 5) is 23.5. The van der Waals surface area contributed by atoms with Crippen LogP contribution in [0.15, 0.2) is 48.5 Å². The largest absolute Gasteiger partial charge is 0.476 e. The van der Waals surface area contributed by atoms with Crippen molar-refractivity contribution in [3.05, 3.63) is 48.5 Å². The Labute approximate surface area is 183 Å². The van der Waals surface area contributed by atoms with E-state index in [-0.39, 0.29) is 5.91 Å². The van der Waals surface area contributed by atoms with Gasteiger partial charge in [-0.1, -0.05) is 19.1 Å². The smallest absolute Gasteiger partial charge is 0.349 e. The molecule has 0 aliphatic carbocycles. The van der Waals surface area contributed by atoms with Crippen LogP contribution in [-0.2, 0) is 20.9 Å². The highest BCUT2D eigenvalue weighted by molar-refractivity contribution is 5.90. The molecule has 3 rings (SSSR count). The Morgan fingerprint density at radius 3 is 2.35 bits per heavy atom. The Bertz CT molecular complexity index is 1080. The van der Waals surface area contributed by atoms with E-state index in [2.05, 4.69) is 22.9 Å². The average Bonchev–Trinajstić information content (AvgIpc) is 3.06. The van der Waals surface area contributed by atoms with Crippen molar-refractivity contribution in [3.63, 3.8) is 0 Å². The van der Waals surface area contributed by atoms with E-state index >= 15 is 0 Å². The number of amides is 1. The van der Waals surface area contributed by atoms with Crippen molar-refractivity contribution in [2.24, 2.45) is 0 Å². The minimum absolute atomic E-state index is 0.0916. The maximum atomic E-state index is 12.2. The summed E-state index contributed by atoms with van der Waals surface area (Å²) in [6.45, 7) is 10.0. The van der Waals surface area contributed by atoms with Gasteiger partial charge in [-0.25, -0.2) is 4.79 Å². The van der Waals surface area contributed by atoms with Crippen LogP contribution >= 0.6 is 0 Å².